The number of hydrogen-bond donors (Lipinski definition) is 1. The van der Waals surface area contributed by atoms with Crippen LogP contribution in [0, 0.1) is 18.3 Å². The van der Waals surface area contributed by atoms with Crippen LogP contribution >= 0.6 is 35.0 Å². The summed E-state index contributed by atoms with van der Waals surface area (Å²) in [7, 11) is 0. The summed E-state index contributed by atoms with van der Waals surface area (Å²) < 4.78 is 0. The molecule has 0 bridgehead atoms. The maximum Gasteiger partial charge on any atom is 0.230 e. The largest absolute Gasteiger partial charge is 0.349 e. The van der Waals surface area contributed by atoms with Crippen LogP contribution in [0.25, 0.3) is 0 Å². The zero-order chi connectivity index (χ0) is 20.1. The van der Waals surface area contributed by atoms with Crippen LogP contribution < -0.4 is 5.32 Å². The summed E-state index contributed by atoms with van der Waals surface area (Å²) in [6.07, 6.45) is 0. The first-order chi connectivity index (χ1) is 12.7. The molecule has 0 fully saturated rings. The molecule has 2 rings (SSSR count). The summed E-state index contributed by atoms with van der Waals surface area (Å²) in [6, 6.07) is 8.34. The van der Waals surface area contributed by atoms with Crippen molar-refractivity contribution in [1.82, 2.24) is 10.3 Å². The fourth-order valence-electron chi connectivity index (χ4n) is 2.48. The molecule has 1 N–H and O–H groups in total. The molecule has 0 spiro atoms. The number of nitriles is 1. The third-order valence-electron chi connectivity index (χ3n) is 3.82. The summed E-state index contributed by atoms with van der Waals surface area (Å²) in [6.45, 7) is 4.95. The number of pyridine rings is 1. The minimum absolute atomic E-state index is 0.0795. The van der Waals surface area contributed by atoms with Gasteiger partial charge in [0.05, 0.1) is 17.4 Å². The lowest BCUT2D eigenvalue weighted by Crippen LogP contribution is -2.28. The molecule has 0 aliphatic rings. The standard InChI is InChI=1S/C19H17Cl2N3O2S/c1-10(15-5-4-14(20)7-17(15)21)23-18(26)9-27-19-13(8-22)6-16(12(3)25)11(2)24-19/h4-7,10H,9H2,1-3H3,(H,23,26). The molecule has 5 nitrogen and oxygen atoms in total. The van der Waals surface area contributed by atoms with Crippen LogP contribution in [0.4, 0.5) is 0 Å². The van der Waals surface area contributed by atoms with Gasteiger partial charge in [0.15, 0.2) is 5.78 Å². The second-order valence-corrected chi connectivity index (χ2v) is 7.69. The van der Waals surface area contributed by atoms with E-state index < -0.39 is 0 Å². The highest BCUT2D eigenvalue weighted by Gasteiger charge is 2.16. The Morgan fingerprint density at radius 2 is 2.04 bits per heavy atom. The lowest BCUT2D eigenvalue weighted by Gasteiger charge is -2.16. The van der Waals surface area contributed by atoms with Gasteiger partial charge in [-0.05, 0) is 44.5 Å². The van der Waals surface area contributed by atoms with E-state index in [2.05, 4.69) is 10.3 Å². The van der Waals surface area contributed by atoms with Crippen LogP contribution in [0.15, 0.2) is 29.3 Å². The summed E-state index contributed by atoms with van der Waals surface area (Å²) in [5, 5.41) is 13.6. The molecular weight excluding hydrogens is 405 g/mol. The van der Waals surface area contributed by atoms with Gasteiger partial charge in [-0.15, -0.1) is 0 Å². The molecule has 1 aromatic carbocycles. The predicted octanol–water partition coefficient (Wildman–Crippen LogP) is 4.74. The lowest BCUT2D eigenvalue weighted by molar-refractivity contribution is -0.119. The Hall–Kier alpha value is -2.07. The molecule has 0 saturated carbocycles. The van der Waals surface area contributed by atoms with Gasteiger partial charge in [-0.1, -0.05) is 41.0 Å². The lowest BCUT2D eigenvalue weighted by atomic mass is 10.1. The number of hydrogen-bond acceptors (Lipinski definition) is 5. The number of aryl methyl sites for hydroxylation is 1. The molecule has 8 heteroatoms. The molecule has 1 atom stereocenters. The van der Waals surface area contributed by atoms with Crippen molar-refractivity contribution in [3.05, 3.63) is 56.7 Å². The SMILES string of the molecule is CC(=O)c1cc(C#N)c(SCC(=O)NC(C)c2ccc(Cl)cc2Cl)nc1C. The molecule has 27 heavy (non-hydrogen) atoms. The van der Waals surface area contributed by atoms with Gasteiger partial charge in [0.25, 0.3) is 0 Å². The monoisotopic (exact) mass is 421 g/mol. The average molecular weight is 422 g/mol. The first-order valence-corrected chi connectivity index (χ1v) is 9.76. The number of benzene rings is 1. The maximum absolute atomic E-state index is 12.3. The molecule has 1 unspecified atom stereocenters. The first kappa shape index (κ1) is 21.2. The molecule has 0 saturated heterocycles. The van der Waals surface area contributed by atoms with Crippen molar-refractivity contribution in [1.29, 1.82) is 5.26 Å². The van der Waals surface area contributed by atoms with Crippen molar-refractivity contribution in [2.24, 2.45) is 0 Å². The first-order valence-electron chi connectivity index (χ1n) is 8.02. The van der Waals surface area contributed by atoms with Crippen LogP contribution in [0.1, 0.15) is 47.1 Å². The number of Topliss-reactive ketones (excluding diaryl/α,β-unsaturated/α-hetero) is 1. The van der Waals surface area contributed by atoms with Gasteiger partial charge in [-0.2, -0.15) is 5.26 Å². The molecule has 1 heterocycles. The van der Waals surface area contributed by atoms with E-state index in [4.69, 9.17) is 23.2 Å². The van der Waals surface area contributed by atoms with Crippen molar-refractivity contribution < 1.29 is 9.59 Å². The van der Waals surface area contributed by atoms with Crippen LogP contribution in [0.3, 0.4) is 0 Å². The normalized spacial score (nSPS) is 11.6. The number of aromatic nitrogens is 1. The number of thioether (sulfide) groups is 1. The number of amides is 1. The summed E-state index contributed by atoms with van der Waals surface area (Å²) in [5.41, 5.74) is 1.98. The molecule has 1 aromatic heterocycles. The van der Waals surface area contributed by atoms with Crippen LogP contribution in [-0.2, 0) is 4.79 Å². The van der Waals surface area contributed by atoms with Gasteiger partial charge < -0.3 is 5.32 Å². The van der Waals surface area contributed by atoms with Crippen molar-refractivity contribution in [3.8, 4) is 6.07 Å². The second kappa shape index (κ2) is 9.23. The summed E-state index contributed by atoms with van der Waals surface area (Å²) in [5.74, 6) is -0.298. The van der Waals surface area contributed by atoms with E-state index in [1.807, 2.05) is 13.0 Å². The number of halogens is 2. The van der Waals surface area contributed by atoms with E-state index in [1.54, 1.807) is 25.1 Å². The van der Waals surface area contributed by atoms with E-state index in [9.17, 15) is 14.9 Å². The molecule has 1 amide bonds. The van der Waals surface area contributed by atoms with Gasteiger partial charge in [0.1, 0.15) is 11.1 Å². The maximum atomic E-state index is 12.3. The van der Waals surface area contributed by atoms with Crippen molar-refractivity contribution in [2.75, 3.05) is 5.75 Å². The molecule has 0 aliphatic heterocycles. The highest BCUT2D eigenvalue weighted by Crippen LogP contribution is 2.27. The smallest absolute Gasteiger partial charge is 0.230 e. The Bertz CT molecular complexity index is 941. The van der Waals surface area contributed by atoms with Gasteiger partial charge in [-0.3, -0.25) is 9.59 Å². The van der Waals surface area contributed by atoms with E-state index in [-0.39, 0.29) is 29.0 Å². The predicted molar refractivity (Wildman–Crippen MR) is 107 cm³/mol. The number of carbonyl (C=O) groups is 2. The van der Waals surface area contributed by atoms with Crippen LogP contribution in [-0.4, -0.2) is 22.4 Å². The fourth-order valence-corrected chi connectivity index (χ4v) is 3.86. The number of nitrogens with zero attached hydrogens (tertiary/aromatic N) is 2. The second-order valence-electron chi connectivity index (χ2n) is 5.89. The highest BCUT2D eigenvalue weighted by molar-refractivity contribution is 8.00. The minimum Gasteiger partial charge on any atom is -0.349 e. The molecule has 0 aliphatic carbocycles. The van der Waals surface area contributed by atoms with E-state index in [0.717, 1.165) is 17.3 Å². The van der Waals surface area contributed by atoms with Crippen molar-refractivity contribution >= 4 is 46.7 Å². The van der Waals surface area contributed by atoms with Gasteiger partial charge in [0, 0.05) is 21.3 Å². The third kappa shape index (κ3) is 5.46. The number of ketones is 1. The zero-order valence-electron chi connectivity index (χ0n) is 15.0. The van der Waals surface area contributed by atoms with Gasteiger partial charge in [-0.25, -0.2) is 4.98 Å². The van der Waals surface area contributed by atoms with Gasteiger partial charge in [0.2, 0.25) is 5.91 Å². The number of nitrogens with one attached hydrogen (secondary N) is 1. The topological polar surface area (TPSA) is 82.8 Å². The quantitative estimate of drug-likeness (QED) is 0.537. The minimum atomic E-state index is -0.298. The van der Waals surface area contributed by atoms with Crippen molar-refractivity contribution in [3.63, 3.8) is 0 Å². The van der Waals surface area contributed by atoms with E-state index in [0.29, 0.717) is 26.3 Å². The number of rotatable bonds is 6. The number of carbonyl (C=O) groups excluding carboxylic acids is 2. The summed E-state index contributed by atoms with van der Waals surface area (Å²) in [4.78, 5) is 28.2. The Morgan fingerprint density at radius 1 is 1.33 bits per heavy atom. The summed E-state index contributed by atoms with van der Waals surface area (Å²) >= 11 is 13.2. The Labute approximate surface area is 172 Å². The zero-order valence-corrected chi connectivity index (χ0v) is 17.3. The Morgan fingerprint density at radius 3 is 2.63 bits per heavy atom. The van der Waals surface area contributed by atoms with Crippen molar-refractivity contribution in [2.45, 2.75) is 31.8 Å². The van der Waals surface area contributed by atoms with Crippen LogP contribution in [0.2, 0.25) is 10.0 Å². The third-order valence-corrected chi connectivity index (χ3v) is 5.38. The Kier molecular flexibility index (Phi) is 7.25. The molecule has 2 aromatic rings. The highest BCUT2D eigenvalue weighted by atomic mass is 35.5. The Balaban J connectivity index is 2.06. The fraction of sp³-hybridized carbons (Fsp3) is 0.263. The van der Waals surface area contributed by atoms with Crippen LogP contribution in [0.5, 0.6) is 0 Å². The molecular formula is C19H17Cl2N3O2S. The van der Waals surface area contributed by atoms with Gasteiger partial charge >= 0.3 is 0 Å². The molecule has 0 radical (unpaired) electrons. The van der Waals surface area contributed by atoms with E-state index >= 15 is 0 Å². The average Bonchev–Trinajstić information content (AvgIpc) is 2.59. The van der Waals surface area contributed by atoms with E-state index in [1.165, 1.54) is 13.0 Å². The molecule has 140 valence electrons.